The minimum atomic E-state index is -0.442. The first-order valence-electron chi connectivity index (χ1n) is 8.18. The third-order valence-electron chi connectivity index (χ3n) is 4.07. The molecule has 1 saturated heterocycles. The zero-order chi connectivity index (χ0) is 16.8. The summed E-state index contributed by atoms with van der Waals surface area (Å²) >= 11 is 0. The number of anilines is 1. The lowest BCUT2D eigenvalue weighted by Gasteiger charge is -2.26. The van der Waals surface area contributed by atoms with E-state index < -0.39 is 5.82 Å². The van der Waals surface area contributed by atoms with E-state index in [4.69, 9.17) is 4.74 Å². The molecule has 0 spiro atoms. The fourth-order valence-electron chi connectivity index (χ4n) is 2.81. The maximum atomic E-state index is 13.8. The molecule has 2 amide bonds. The smallest absolute Gasteiger partial charge is 0.322 e. The Hall–Kier alpha value is -2.40. The molecule has 1 unspecified atom stereocenters. The molecule has 3 rings (SSSR count). The molecular weight excluding hydrogens is 307 g/mol. The third-order valence-corrected chi connectivity index (χ3v) is 4.07. The monoisotopic (exact) mass is 328 g/mol. The van der Waals surface area contributed by atoms with Crippen molar-refractivity contribution in [2.75, 3.05) is 18.5 Å². The van der Waals surface area contributed by atoms with Gasteiger partial charge in [-0.1, -0.05) is 42.5 Å². The van der Waals surface area contributed by atoms with Crippen LogP contribution in [0.3, 0.4) is 0 Å². The molecule has 1 atom stereocenters. The van der Waals surface area contributed by atoms with Gasteiger partial charge in [0.2, 0.25) is 0 Å². The minimum absolute atomic E-state index is 0.0417. The number of hydrogen-bond donors (Lipinski definition) is 1. The largest absolute Gasteiger partial charge is 0.376 e. The highest BCUT2D eigenvalue weighted by Gasteiger charge is 2.23. The van der Waals surface area contributed by atoms with Crippen LogP contribution < -0.4 is 5.32 Å². The van der Waals surface area contributed by atoms with Crippen LogP contribution >= 0.6 is 0 Å². The van der Waals surface area contributed by atoms with Crippen molar-refractivity contribution in [3.63, 3.8) is 0 Å². The predicted molar refractivity (Wildman–Crippen MR) is 91.2 cm³/mol. The highest BCUT2D eigenvalue weighted by atomic mass is 19.1. The Bertz CT molecular complexity index is 672. The van der Waals surface area contributed by atoms with Crippen molar-refractivity contribution in [1.29, 1.82) is 0 Å². The fraction of sp³-hybridized carbons (Fsp3) is 0.316. The fourth-order valence-corrected chi connectivity index (χ4v) is 2.81. The number of carbonyl (C=O) groups is 1. The summed E-state index contributed by atoms with van der Waals surface area (Å²) in [5.41, 5.74) is 1.21. The summed E-state index contributed by atoms with van der Waals surface area (Å²) in [7, 11) is 0. The van der Waals surface area contributed by atoms with Crippen molar-refractivity contribution < 1.29 is 13.9 Å². The first-order valence-corrected chi connectivity index (χ1v) is 8.18. The van der Waals surface area contributed by atoms with E-state index in [9.17, 15) is 9.18 Å². The number of amides is 2. The number of nitrogens with one attached hydrogen (secondary N) is 1. The molecule has 1 fully saturated rings. The Labute approximate surface area is 141 Å². The van der Waals surface area contributed by atoms with Crippen molar-refractivity contribution in [3.05, 3.63) is 66.0 Å². The van der Waals surface area contributed by atoms with Gasteiger partial charge in [0, 0.05) is 19.7 Å². The zero-order valence-corrected chi connectivity index (χ0v) is 13.5. The Morgan fingerprint density at radius 3 is 2.62 bits per heavy atom. The Kier molecular flexibility index (Phi) is 5.43. The Morgan fingerprint density at radius 1 is 1.17 bits per heavy atom. The molecule has 0 aliphatic carbocycles. The minimum Gasteiger partial charge on any atom is -0.376 e. The molecule has 24 heavy (non-hydrogen) atoms. The topological polar surface area (TPSA) is 41.6 Å². The van der Waals surface area contributed by atoms with Gasteiger partial charge < -0.3 is 15.0 Å². The van der Waals surface area contributed by atoms with Gasteiger partial charge in [-0.3, -0.25) is 0 Å². The maximum Gasteiger partial charge on any atom is 0.322 e. The molecular formula is C19H21FN2O2. The standard InChI is InChI=1S/C19H21FN2O2/c20-17-10-4-5-11-18(17)21-19(23)22(14-16-9-6-12-24-16)13-15-7-2-1-3-8-15/h1-5,7-8,10-11,16H,6,9,12-14H2,(H,21,23). The highest BCUT2D eigenvalue weighted by molar-refractivity contribution is 5.89. The number of rotatable bonds is 5. The second kappa shape index (κ2) is 7.93. The van der Waals surface area contributed by atoms with E-state index in [1.54, 1.807) is 23.1 Å². The van der Waals surface area contributed by atoms with Gasteiger partial charge >= 0.3 is 6.03 Å². The second-order valence-electron chi connectivity index (χ2n) is 5.91. The van der Waals surface area contributed by atoms with E-state index in [-0.39, 0.29) is 17.8 Å². The van der Waals surface area contributed by atoms with Crippen molar-refractivity contribution in [3.8, 4) is 0 Å². The van der Waals surface area contributed by atoms with E-state index in [2.05, 4.69) is 5.32 Å². The molecule has 126 valence electrons. The first-order chi connectivity index (χ1) is 11.7. The van der Waals surface area contributed by atoms with Gasteiger partial charge in [0.25, 0.3) is 0 Å². The molecule has 1 heterocycles. The van der Waals surface area contributed by atoms with Crippen LogP contribution in [0.15, 0.2) is 54.6 Å². The molecule has 4 nitrogen and oxygen atoms in total. The molecule has 0 radical (unpaired) electrons. The van der Waals surface area contributed by atoms with Crippen LogP contribution in [-0.4, -0.2) is 30.2 Å². The van der Waals surface area contributed by atoms with Gasteiger partial charge in [0.15, 0.2) is 0 Å². The number of halogens is 1. The molecule has 0 bridgehead atoms. The number of carbonyl (C=O) groups excluding carboxylic acids is 1. The van der Waals surface area contributed by atoms with Crippen LogP contribution in [-0.2, 0) is 11.3 Å². The summed E-state index contributed by atoms with van der Waals surface area (Å²) in [6.45, 7) is 1.69. The van der Waals surface area contributed by atoms with Crippen LogP contribution in [0, 0.1) is 5.82 Å². The average molecular weight is 328 g/mol. The van der Waals surface area contributed by atoms with Gasteiger partial charge in [0.1, 0.15) is 5.82 Å². The Morgan fingerprint density at radius 2 is 1.92 bits per heavy atom. The second-order valence-corrected chi connectivity index (χ2v) is 5.91. The van der Waals surface area contributed by atoms with Crippen molar-refractivity contribution in [2.24, 2.45) is 0 Å². The lowest BCUT2D eigenvalue weighted by molar-refractivity contribution is 0.0819. The van der Waals surface area contributed by atoms with E-state index in [1.165, 1.54) is 6.07 Å². The molecule has 2 aromatic carbocycles. The van der Waals surface area contributed by atoms with E-state index >= 15 is 0 Å². The van der Waals surface area contributed by atoms with Gasteiger partial charge in [0.05, 0.1) is 11.8 Å². The molecule has 0 saturated carbocycles. The van der Waals surface area contributed by atoms with Crippen LogP contribution in [0.4, 0.5) is 14.9 Å². The van der Waals surface area contributed by atoms with Crippen LogP contribution in [0.25, 0.3) is 0 Å². The summed E-state index contributed by atoms with van der Waals surface area (Å²) in [4.78, 5) is 14.3. The number of urea groups is 1. The molecule has 1 N–H and O–H groups in total. The summed E-state index contributed by atoms with van der Waals surface area (Å²) < 4.78 is 19.4. The zero-order valence-electron chi connectivity index (χ0n) is 13.5. The van der Waals surface area contributed by atoms with Crippen molar-refractivity contribution >= 4 is 11.7 Å². The highest BCUT2D eigenvalue weighted by Crippen LogP contribution is 2.18. The molecule has 1 aliphatic rings. The third kappa shape index (κ3) is 4.32. The normalized spacial score (nSPS) is 16.8. The van der Waals surface area contributed by atoms with E-state index in [1.807, 2.05) is 30.3 Å². The first kappa shape index (κ1) is 16.5. The number of ether oxygens (including phenoxy) is 1. The van der Waals surface area contributed by atoms with Crippen molar-refractivity contribution in [2.45, 2.75) is 25.5 Å². The summed E-state index contributed by atoms with van der Waals surface area (Å²) in [5, 5.41) is 2.66. The summed E-state index contributed by atoms with van der Waals surface area (Å²) in [5.74, 6) is -0.442. The van der Waals surface area contributed by atoms with E-state index in [0.717, 1.165) is 25.0 Å². The van der Waals surface area contributed by atoms with Gasteiger partial charge in [-0.2, -0.15) is 0 Å². The molecule has 1 aliphatic heterocycles. The van der Waals surface area contributed by atoms with Crippen LogP contribution in [0.1, 0.15) is 18.4 Å². The summed E-state index contributed by atoms with van der Waals surface area (Å²) in [6, 6.07) is 15.6. The maximum absolute atomic E-state index is 13.8. The summed E-state index contributed by atoms with van der Waals surface area (Å²) in [6.07, 6.45) is 2.00. The quantitative estimate of drug-likeness (QED) is 0.900. The van der Waals surface area contributed by atoms with Gasteiger partial charge in [-0.25, -0.2) is 9.18 Å². The average Bonchev–Trinajstić information content (AvgIpc) is 3.10. The number of nitrogens with zero attached hydrogens (tertiary/aromatic N) is 1. The van der Waals surface area contributed by atoms with Crippen molar-refractivity contribution in [1.82, 2.24) is 4.90 Å². The van der Waals surface area contributed by atoms with Gasteiger partial charge in [-0.15, -0.1) is 0 Å². The number of benzene rings is 2. The SMILES string of the molecule is O=C(Nc1ccccc1F)N(Cc1ccccc1)CC1CCCO1. The number of para-hydroxylation sites is 1. The van der Waals surface area contributed by atoms with E-state index in [0.29, 0.717) is 13.1 Å². The predicted octanol–water partition coefficient (Wildman–Crippen LogP) is 4.04. The molecule has 0 aromatic heterocycles. The Balaban J connectivity index is 1.72. The molecule has 5 heteroatoms. The van der Waals surface area contributed by atoms with Gasteiger partial charge in [-0.05, 0) is 30.5 Å². The molecule has 2 aromatic rings. The van der Waals surface area contributed by atoms with Crippen LogP contribution in [0.2, 0.25) is 0 Å². The number of hydrogen-bond acceptors (Lipinski definition) is 2. The lowest BCUT2D eigenvalue weighted by Crippen LogP contribution is -2.39. The van der Waals surface area contributed by atoms with Crippen LogP contribution in [0.5, 0.6) is 0 Å². The lowest BCUT2D eigenvalue weighted by atomic mass is 10.2.